The van der Waals surface area contributed by atoms with E-state index in [4.69, 9.17) is 15.6 Å². The second-order valence-corrected chi connectivity index (χ2v) is 11.8. The van der Waals surface area contributed by atoms with Gasteiger partial charge in [0.15, 0.2) is 0 Å². The zero-order valence-electron chi connectivity index (χ0n) is 25.8. The van der Waals surface area contributed by atoms with Gasteiger partial charge in [-0.15, -0.1) is 0 Å². The summed E-state index contributed by atoms with van der Waals surface area (Å²) in [5.41, 5.74) is 12.0. The van der Waals surface area contributed by atoms with Crippen LogP contribution in [0.4, 0.5) is 17.1 Å². The molecule has 5 aromatic rings. The lowest BCUT2D eigenvalue weighted by Gasteiger charge is -2.16. The molecule has 0 saturated carbocycles. The molecule has 46 heavy (non-hydrogen) atoms. The number of fused-ring (bicyclic) bond motifs is 1. The van der Waals surface area contributed by atoms with E-state index in [1.54, 1.807) is 13.2 Å². The number of aryl methyl sites for hydroxylation is 2. The minimum absolute atomic E-state index is 0.124. The number of nitrogens with one attached hydrogen (secondary N) is 2. The van der Waals surface area contributed by atoms with Crippen LogP contribution in [0.5, 0.6) is 5.75 Å². The maximum atomic E-state index is 13.3. The molecule has 0 spiro atoms. The van der Waals surface area contributed by atoms with E-state index >= 15 is 0 Å². The first-order valence-corrected chi connectivity index (χ1v) is 15.5. The number of hydrogen-bond donors (Lipinski definition) is 4. The summed E-state index contributed by atoms with van der Waals surface area (Å²) in [6, 6.07) is 24.5. The van der Waals surface area contributed by atoms with Gasteiger partial charge in [0.05, 0.1) is 23.9 Å². The Morgan fingerprint density at radius 2 is 1.80 bits per heavy atom. The van der Waals surface area contributed by atoms with Crippen molar-refractivity contribution in [3.05, 3.63) is 113 Å². The van der Waals surface area contributed by atoms with Crippen molar-refractivity contribution in [1.29, 1.82) is 0 Å². The Bertz CT molecular complexity index is 2000. The molecule has 0 aliphatic carbocycles. The molecule has 9 heteroatoms. The van der Waals surface area contributed by atoms with Gasteiger partial charge in [-0.3, -0.25) is 14.6 Å². The van der Waals surface area contributed by atoms with Crippen molar-refractivity contribution in [1.82, 2.24) is 4.98 Å². The van der Waals surface area contributed by atoms with Crippen molar-refractivity contribution in [2.45, 2.75) is 36.5 Å². The quantitative estimate of drug-likeness (QED) is 0.0947. The fourth-order valence-electron chi connectivity index (χ4n) is 4.92. The van der Waals surface area contributed by atoms with Gasteiger partial charge in [-0.05, 0) is 92.1 Å². The van der Waals surface area contributed by atoms with Crippen LogP contribution in [0.25, 0.3) is 10.9 Å². The summed E-state index contributed by atoms with van der Waals surface area (Å²) >= 11 is 1.50. The molecule has 1 aromatic heterocycles. The van der Waals surface area contributed by atoms with Gasteiger partial charge in [0.1, 0.15) is 5.75 Å². The lowest BCUT2D eigenvalue weighted by atomic mass is 10.1. The molecule has 5 rings (SSSR count). The predicted octanol–water partition coefficient (Wildman–Crippen LogP) is 7.23. The number of nitrogens with zero attached hydrogens (tertiary/aromatic N) is 1. The second kappa shape index (κ2) is 14.7. The maximum Gasteiger partial charge on any atom is 0.255 e. The number of amides is 2. The van der Waals surface area contributed by atoms with Crippen molar-refractivity contribution in [2.75, 3.05) is 24.4 Å². The van der Waals surface area contributed by atoms with Gasteiger partial charge in [-0.1, -0.05) is 35.7 Å². The standard InChI is InChI=1S/C37H34N4O4S/c1-23-17-25(9-5-4-6-16-42)14-15-33(23)41-37(44)26-10-7-13-29(19-26)46-30-18-24(2)34-31(21-30)35(32(22-39-34)36(38)43)40-27-11-8-12-28(20-27)45-3/h7-8,10-15,17-22,42H,4,6,16H2,1-3H3,(H2,38,43)(H,39,40)(H,41,44). The number of pyridine rings is 1. The van der Waals surface area contributed by atoms with Crippen LogP contribution in [-0.2, 0) is 0 Å². The van der Waals surface area contributed by atoms with Crippen molar-refractivity contribution in [3.63, 3.8) is 0 Å². The van der Waals surface area contributed by atoms with Crippen LogP contribution in [0.2, 0.25) is 0 Å². The first-order chi connectivity index (χ1) is 22.2. The normalized spacial score (nSPS) is 10.6. The fraction of sp³-hybridized carbons (Fsp3) is 0.162. The first kappa shape index (κ1) is 32.1. The molecule has 0 aliphatic heterocycles. The SMILES string of the molecule is COc1cccc(Nc2c(C(N)=O)cnc3c(C)cc(Sc4cccc(C(=O)Nc5ccc(C#CCCCO)cc5C)c4)cc23)c1. The Morgan fingerprint density at radius 3 is 2.57 bits per heavy atom. The number of nitrogens with two attached hydrogens (primary N) is 1. The van der Waals surface area contributed by atoms with E-state index in [0.29, 0.717) is 35.5 Å². The van der Waals surface area contributed by atoms with E-state index in [0.717, 1.165) is 43.1 Å². The third-order valence-corrected chi connectivity index (χ3v) is 8.20. The third kappa shape index (κ3) is 7.67. The van der Waals surface area contributed by atoms with E-state index in [2.05, 4.69) is 27.5 Å². The van der Waals surface area contributed by atoms with Gasteiger partial charge in [0.25, 0.3) is 11.8 Å². The summed E-state index contributed by atoms with van der Waals surface area (Å²) in [5.74, 6) is 6.00. The van der Waals surface area contributed by atoms with Crippen LogP contribution in [-0.4, -0.2) is 35.6 Å². The number of primary amides is 1. The summed E-state index contributed by atoms with van der Waals surface area (Å²) in [6.07, 6.45) is 2.78. The van der Waals surface area contributed by atoms with Crippen LogP contribution in [0.15, 0.2) is 94.9 Å². The zero-order chi connectivity index (χ0) is 32.6. The molecule has 232 valence electrons. The second-order valence-electron chi connectivity index (χ2n) is 10.6. The predicted molar refractivity (Wildman–Crippen MR) is 184 cm³/mol. The third-order valence-electron chi connectivity index (χ3n) is 7.24. The van der Waals surface area contributed by atoms with E-state index in [1.165, 1.54) is 18.0 Å². The van der Waals surface area contributed by atoms with Gasteiger partial charge < -0.3 is 26.2 Å². The van der Waals surface area contributed by atoms with Gasteiger partial charge in [0, 0.05) is 63.0 Å². The Balaban J connectivity index is 1.40. The minimum atomic E-state index is -0.593. The smallest absolute Gasteiger partial charge is 0.255 e. The molecule has 0 bridgehead atoms. The number of carbonyl (C=O) groups excluding carboxylic acids is 2. The lowest BCUT2D eigenvalue weighted by molar-refractivity contribution is 0.0998. The molecule has 5 N–H and O–H groups in total. The topological polar surface area (TPSA) is 127 Å². The van der Waals surface area contributed by atoms with Crippen LogP contribution >= 0.6 is 11.8 Å². The summed E-state index contributed by atoms with van der Waals surface area (Å²) < 4.78 is 5.37. The molecule has 1 heterocycles. The fourth-order valence-corrected chi connectivity index (χ4v) is 5.93. The summed E-state index contributed by atoms with van der Waals surface area (Å²) in [5, 5.41) is 16.0. The number of unbranched alkanes of at least 4 members (excludes halogenated alkanes) is 1. The summed E-state index contributed by atoms with van der Waals surface area (Å²) in [4.78, 5) is 32.0. The first-order valence-electron chi connectivity index (χ1n) is 14.7. The highest BCUT2D eigenvalue weighted by atomic mass is 32.2. The Labute approximate surface area is 272 Å². The van der Waals surface area contributed by atoms with Crippen LogP contribution in [0.1, 0.15) is 50.2 Å². The number of aliphatic hydroxyl groups excluding tert-OH is 1. The highest BCUT2D eigenvalue weighted by Crippen LogP contribution is 2.37. The lowest BCUT2D eigenvalue weighted by Crippen LogP contribution is -2.14. The van der Waals surface area contributed by atoms with E-state index in [9.17, 15) is 9.59 Å². The van der Waals surface area contributed by atoms with Crippen molar-refractivity contribution in [2.24, 2.45) is 5.73 Å². The highest BCUT2D eigenvalue weighted by Gasteiger charge is 2.17. The largest absolute Gasteiger partial charge is 0.497 e. The van der Waals surface area contributed by atoms with Gasteiger partial charge in [-0.25, -0.2) is 0 Å². The molecule has 4 aromatic carbocycles. The molecule has 0 atom stereocenters. The highest BCUT2D eigenvalue weighted by molar-refractivity contribution is 7.99. The number of ether oxygens (including phenoxy) is 1. The molecular weight excluding hydrogens is 596 g/mol. The Morgan fingerprint density at radius 1 is 0.978 bits per heavy atom. The van der Waals surface area contributed by atoms with Gasteiger partial charge in [-0.2, -0.15) is 0 Å². The molecule has 0 radical (unpaired) electrons. The number of methoxy groups -OCH3 is 1. The van der Waals surface area contributed by atoms with Gasteiger partial charge >= 0.3 is 0 Å². The number of benzene rings is 4. The zero-order valence-corrected chi connectivity index (χ0v) is 26.6. The summed E-state index contributed by atoms with van der Waals surface area (Å²) in [7, 11) is 1.60. The van der Waals surface area contributed by atoms with E-state index in [-0.39, 0.29) is 18.1 Å². The maximum absolute atomic E-state index is 13.3. The van der Waals surface area contributed by atoms with Crippen molar-refractivity contribution in [3.8, 4) is 17.6 Å². The molecule has 0 fully saturated rings. The number of rotatable bonds is 10. The molecule has 8 nitrogen and oxygen atoms in total. The molecule has 0 aliphatic rings. The van der Waals surface area contributed by atoms with E-state index in [1.807, 2.05) is 86.6 Å². The number of carbonyl (C=O) groups is 2. The number of aliphatic hydroxyl groups is 1. The van der Waals surface area contributed by atoms with Gasteiger partial charge in [0.2, 0.25) is 0 Å². The Kier molecular flexibility index (Phi) is 10.2. The number of hydrogen-bond acceptors (Lipinski definition) is 7. The number of anilines is 3. The molecular formula is C37H34N4O4S. The van der Waals surface area contributed by atoms with Crippen LogP contribution in [0, 0.1) is 25.7 Å². The minimum Gasteiger partial charge on any atom is -0.497 e. The van der Waals surface area contributed by atoms with Crippen LogP contribution in [0.3, 0.4) is 0 Å². The summed E-state index contributed by atoms with van der Waals surface area (Å²) in [6.45, 7) is 4.02. The number of aromatic nitrogens is 1. The van der Waals surface area contributed by atoms with Crippen molar-refractivity contribution >= 4 is 51.5 Å². The molecule has 0 unspecified atom stereocenters. The monoisotopic (exact) mass is 630 g/mol. The molecule has 0 saturated heterocycles. The Hall–Kier alpha value is -5.30. The van der Waals surface area contributed by atoms with E-state index < -0.39 is 5.91 Å². The van der Waals surface area contributed by atoms with Crippen molar-refractivity contribution < 1.29 is 19.4 Å². The molecule has 2 amide bonds. The van der Waals surface area contributed by atoms with Crippen LogP contribution < -0.4 is 21.1 Å². The average molecular weight is 631 g/mol. The average Bonchev–Trinajstić information content (AvgIpc) is 3.04.